The Morgan fingerprint density at radius 1 is 1.44 bits per heavy atom. The van der Waals surface area contributed by atoms with E-state index in [0.29, 0.717) is 10.0 Å². The third kappa shape index (κ3) is 2.42. The van der Waals surface area contributed by atoms with Crippen LogP contribution >= 0.6 is 15.9 Å². The third-order valence-corrected chi connectivity index (χ3v) is 4.47. The van der Waals surface area contributed by atoms with E-state index in [4.69, 9.17) is 5.11 Å². The van der Waals surface area contributed by atoms with Crippen LogP contribution in [0.25, 0.3) is 0 Å². The number of carbonyl (C=O) groups is 1. The molecule has 0 atom stereocenters. The third-order valence-electron chi connectivity index (χ3n) is 2.10. The van der Waals surface area contributed by atoms with Gasteiger partial charge in [0.2, 0.25) is 10.0 Å². The van der Waals surface area contributed by atoms with E-state index >= 15 is 0 Å². The van der Waals surface area contributed by atoms with Gasteiger partial charge in [0, 0.05) is 4.47 Å². The van der Waals surface area contributed by atoms with Gasteiger partial charge in [-0.3, -0.25) is 0 Å². The van der Waals surface area contributed by atoms with E-state index in [1.54, 1.807) is 6.92 Å². The van der Waals surface area contributed by atoms with Gasteiger partial charge in [-0.2, -0.15) is 0 Å². The Bertz CT molecular complexity index is 539. The minimum Gasteiger partial charge on any atom is -0.478 e. The summed E-state index contributed by atoms with van der Waals surface area (Å²) in [6.07, 6.45) is 0. The van der Waals surface area contributed by atoms with Crippen LogP contribution in [-0.2, 0) is 10.0 Å². The first-order valence-corrected chi connectivity index (χ1v) is 6.54. The van der Waals surface area contributed by atoms with Gasteiger partial charge in [0.1, 0.15) is 0 Å². The maximum Gasteiger partial charge on any atom is 0.335 e. The quantitative estimate of drug-likeness (QED) is 0.883. The summed E-state index contributed by atoms with van der Waals surface area (Å²) in [6, 6.07) is 2.50. The minimum atomic E-state index is -3.65. The molecule has 0 radical (unpaired) electrons. The second kappa shape index (κ2) is 4.52. The SMILES string of the molecule is CNS(=O)(=O)c1cc(C(=O)O)cc(Br)c1C. The smallest absolute Gasteiger partial charge is 0.335 e. The van der Waals surface area contributed by atoms with E-state index in [1.165, 1.54) is 13.1 Å². The highest BCUT2D eigenvalue weighted by atomic mass is 79.9. The van der Waals surface area contributed by atoms with Gasteiger partial charge >= 0.3 is 5.97 Å². The van der Waals surface area contributed by atoms with Gasteiger partial charge in [-0.15, -0.1) is 0 Å². The zero-order chi connectivity index (χ0) is 12.5. The lowest BCUT2D eigenvalue weighted by Gasteiger charge is -2.09. The minimum absolute atomic E-state index is 0.0400. The van der Waals surface area contributed by atoms with Crippen molar-refractivity contribution < 1.29 is 18.3 Å². The molecule has 2 N–H and O–H groups in total. The summed E-state index contributed by atoms with van der Waals surface area (Å²) < 4.78 is 25.8. The Hall–Kier alpha value is -0.920. The van der Waals surface area contributed by atoms with E-state index in [2.05, 4.69) is 20.7 Å². The van der Waals surface area contributed by atoms with E-state index < -0.39 is 16.0 Å². The lowest BCUT2D eigenvalue weighted by atomic mass is 10.1. The monoisotopic (exact) mass is 307 g/mol. The molecule has 0 fully saturated rings. The molecule has 0 bridgehead atoms. The molecule has 0 unspecified atom stereocenters. The van der Waals surface area contributed by atoms with Gasteiger partial charge < -0.3 is 5.11 Å². The van der Waals surface area contributed by atoms with Crippen LogP contribution in [0.1, 0.15) is 15.9 Å². The molecule has 0 amide bonds. The lowest BCUT2D eigenvalue weighted by molar-refractivity contribution is 0.0696. The van der Waals surface area contributed by atoms with E-state index in [-0.39, 0.29) is 10.5 Å². The molecule has 0 aliphatic rings. The van der Waals surface area contributed by atoms with Crippen molar-refractivity contribution in [2.45, 2.75) is 11.8 Å². The highest BCUT2D eigenvalue weighted by Gasteiger charge is 2.19. The molecule has 0 saturated heterocycles. The first kappa shape index (κ1) is 13.1. The highest BCUT2D eigenvalue weighted by Crippen LogP contribution is 2.25. The van der Waals surface area contributed by atoms with E-state index in [1.807, 2.05) is 0 Å². The first-order valence-electron chi connectivity index (χ1n) is 4.26. The summed E-state index contributed by atoms with van der Waals surface area (Å²) in [7, 11) is -2.38. The molecule has 1 aromatic carbocycles. The molecular formula is C9H10BrNO4S. The predicted molar refractivity (Wildman–Crippen MR) is 62.1 cm³/mol. The van der Waals surface area contributed by atoms with Crippen LogP contribution < -0.4 is 4.72 Å². The van der Waals surface area contributed by atoms with Gasteiger partial charge in [0.05, 0.1) is 10.5 Å². The zero-order valence-electron chi connectivity index (χ0n) is 8.61. The Labute approximate surface area is 102 Å². The van der Waals surface area contributed by atoms with Crippen LogP contribution in [0.15, 0.2) is 21.5 Å². The van der Waals surface area contributed by atoms with E-state index in [0.717, 1.165) is 6.07 Å². The molecule has 0 aliphatic carbocycles. The number of hydrogen-bond donors (Lipinski definition) is 2. The van der Waals surface area contributed by atoms with Crippen LogP contribution in [0.5, 0.6) is 0 Å². The summed E-state index contributed by atoms with van der Waals surface area (Å²) in [5, 5.41) is 8.83. The molecule has 0 saturated carbocycles. The number of halogens is 1. The van der Waals surface area contributed by atoms with Crippen LogP contribution in [0.2, 0.25) is 0 Å². The maximum absolute atomic E-state index is 11.6. The fraction of sp³-hybridized carbons (Fsp3) is 0.222. The van der Waals surface area contributed by atoms with Gasteiger partial charge in [-0.25, -0.2) is 17.9 Å². The fourth-order valence-electron chi connectivity index (χ4n) is 1.17. The van der Waals surface area contributed by atoms with Crippen LogP contribution in [0, 0.1) is 6.92 Å². The Morgan fingerprint density at radius 3 is 2.44 bits per heavy atom. The molecule has 0 spiro atoms. The number of sulfonamides is 1. The van der Waals surface area contributed by atoms with Crippen molar-refractivity contribution in [1.82, 2.24) is 4.72 Å². The second-order valence-electron chi connectivity index (χ2n) is 3.09. The summed E-state index contributed by atoms with van der Waals surface area (Å²) in [6.45, 7) is 1.60. The number of rotatable bonds is 3. The van der Waals surface area contributed by atoms with Gasteiger partial charge in [-0.05, 0) is 31.7 Å². The van der Waals surface area contributed by atoms with Crippen molar-refractivity contribution >= 4 is 31.9 Å². The van der Waals surface area contributed by atoms with Crippen LogP contribution in [0.3, 0.4) is 0 Å². The topological polar surface area (TPSA) is 83.5 Å². The summed E-state index contributed by atoms with van der Waals surface area (Å²) in [5.41, 5.74) is 0.394. The highest BCUT2D eigenvalue weighted by molar-refractivity contribution is 9.10. The van der Waals surface area contributed by atoms with Crippen molar-refractivity contribution in [3.05, 3.63) is 27.7 Å². The summed E-state index contributed by atoms with van der Waals surface area (Å²) in [4.78, 5) is 10.8. The number of aromatic carboxylic acids is 1. The Kier molecular flexibility index (Phi) is 3.72. The van der Waals surface area contributed by atoms with Crippen molar-refractivity contribution in [3.8, 4) is 0 Å². The molecule has 1 rings (SSSR count). The standard InChI is InChI=1S/C9H10BrNO4S/c1-5-7(10)3-6(9(12)13)4-8(5)16(14,15)11-2/h3-4,11H,1-2H3,(H,12,13). The maximum atomic E-state index is 11.6. The summed E-state index contributed by atoms with van der Waals surface area (Å²) >= 11 is 3.13. The van der Waals surface area contributed by atoms with Crippen LogP contribution in [0.4, 0.5) is 0 Å². The Balaban J connectivity index is 3.57. The predicted octanol–water partition coefficient (Wildman–Crippen LogP) is 1.36. The number of hydrogen-bond acceptors (Lipinski definition) is 3. The molecule has 0 aromatic heterocycles. The number of carboxylic acids is 1. The van der Waals surface area contributed by atoms with Crippen molar-refractivity contribution in [3.63, 3.8) is 0 Å². The first-order chi connectivity index (χ1) is 7.29. The fourth-order valence-corrected chi connectivity index (χ4v) is 2.77. The molecule has 88 valence electrons. The van der Waals surface area contributed by atoms with Crippen LogP contribution in [-0.4, -0.2) is 26.5 Å². The molecule has 0 aliphatic heterocycles. The molecule has 7 heteroatoms. The van der Waals surface area contributed by atoms with Crippen molar-refractivity contribution in [2.24, 2.45) is 0 Å². The lowest BCUT2D eigenvalue weighted by Crippen LogP contribution is -2.20. The number of carboxylic acid groups (broad SMARTS) is 1. The van der Waals surface area contributed by atoms with Crippen molar-refractivity contribution in [1.29, 1.82) is 0 Å². The summed E-state index contributed by atoms with van der Waals surface area (Å²) in [5.74, 6) is -1.17. The normalized spacial score (nSPS) is 11.4. The average Bonchev–Trinajstić information content (AvgIpc) is 2.21. The van der Waals surface area contributed by atoms with Gasteiger partial charge in [0.25, 0.3) is 0 Å². The van der Waals surface area contributed by atoms with Gasteiger partial charge in [0.15, 0.2) is 0 Å². The average molecular weight is 308 g/mol. The molecule has 5 nitrogen and oxygen atoms in total. The number of benzene rings is 1. The second-order valence-corrected chi connectivity index (χ2v) is 5.80. The van der Waals surface area contributed by atoms with E-state index in [9.17, 15) is 13.2 Å². The molecule has 1 aromatic rings. The van der Waals surface area contributed by atoms with Gasteiger partial charge in [-0.1, -0.05) is 15.9 Å². The molecule has 16 heavy (non-hydrogen) atoms. The Morgan fingerprint density at radius 2 is 2.00 bits per heavy atom. The van der Waals surface area contributed by atoms with Crippen molar-refractivity contribution in [2.75, 3.05) is 7.05 Å². The molecule has 0 heterocycles. The zero-order valence-corrected chi connectivity index (χ0v) is 11.0. The molecular weight excluding hydrogens is 298 g/mol. The number of nitrogens with one attached hydrogen (secondary N) is 1. The largest absolute Gasteiger partial charge is 0.478 e.